The molecule has 4 heterocycles. The molecule has 0 unspecified atom stereocenters. The van der Waals surface area contributed by atoms with Gasteiger partial charge >= 0.3 is 0 Å². The summed E-state index contributed by atoms with van der Waals surface area (Å²) >= 11 is 0. The van der Waals surface area contributed by atoms with E-state index in [0.717, 1.165) is 24.8 Å². The van der Waals surface area contributed by atoms with Crippen molar-refractivity contribution >= 4 is 11.3 Å². The summed E-state index contributed by atoms with van der Waals surface area (Å²) in [5.74, 6) is 0. The maximum atomic E-state index is 11.9. The second-order valence-electron chi connectivity index (χ2n) is 6.36. The van der Waals surface area contributed by atoms with Crippen LogP contribution in [-0.2, 0) is 0 Å². The van der Waals surface area contributed by atoms with Gasteiger partial charge in [0.1, 0.15) is 5.65 Å². The van der Waals surface area contributed by atoms with Crippen LogP contribution in [0.25, 0.3) is 5.65 Å². The van der Waals surface area contributed by atoms with E-state index in [0.29, 0.717) is 5.65 Å². The Morgan fingerprint density at radius 3 is 2.55 bits per heavy atom. The van der Waals surface area contributed by atoms with Crippen molar-refractivity contribution in [3.8, 4) is 0 Å². The van der Waals surface area contributed by atoms with E-state index in [2.05, 4.69) is 20.9 Å². The second kappa shape index (κ2) is 5.72. The molecular weight excluding hydrogens is 276 g/mol. The van der Waals surface area contributed by atoms with Gasteiger partial charge in [0.15, 0.2) is 0 Å². The molecule has 116 valence electrons. The zero-order valence-corrected chi connectivity index (χ0v) is 12.8. The molecule has 2 aromatic rings. The van der Waals surface area contributed by atoms with Crippen LogP contribution < -0.4 is 10.5 Å². The van der Waals surface area contributed by atoms with E-state index >= 15 is 0 Å². The Labute approximate surface area is 130 Å². The Morgan fingerprint density at radius 2 is 1.77 bits per heavy atom. The van der Waals surface area contributed by atoms with Gasteiger partial charge in [-0.2, -0.15) is 0 Å². The van der Waals surface area contributed by atoms with Crippen LogP contribution in [0.4, 0.5) is 5.69 Å². The Morgan fingerprint density at radius 1 is 1.00 bits per heavy atom. The van der Waals surface area contributed by atoms with Crippen molar-refractivity contribution in [3.63, 3.8) is 0 Å². The SMILES string of the molecule is O=c1ccnc2ccc(N3CCC(N4CCCC4)CC3)cn12. The van der Waals surface area contributed by atoms with E-state index in [4.69, 9.17) is 0 Å². The number of rotatable bonds is 2. The highest BCUT2D eigenvalue weighted by molar-refractivity contribution is 5.51. The normalized spacial score (nSPS) is 20.8. The molecule has 0 radical (unpaired) electrons. The van der Waals surface area contributed by atoms with Gasteiger partial charge in [-0.3, -0.25) is 9.20 Å². The van der Waals surface area contributed by atoms with Crippen LogP contribution in [0.15, 0.2) is 35.4 Å². The van der Waals surface area contributed by atoms with Crippen molar-refractivity contribution in [1.82, 2.24) is 14.3 Å². The molecule has 2 aliphatic heterocycles. The summed E-state index contributed by atoms with van der Waals surface area (Å²) in [6.07, 6.45) is 8.67. The fourth-order valence-corrected chi connectivity index (χ4v) is 3.80. The maximum absolute atomic E-state index is 11.9. The Hall–Kier alpha value is -1.88. The van der Waals surface area contributed by atoms with Crippen LogP contribution in [0.1, 0.15) is 25.7 Å². The van der Waals surface area contributed by atoms with Crippen molar-refractivity contribution in [1.29, 1.82) is 0 Å². The van der Waals surface area contributed by atoms with Gasteiger partial charge in [-0.15, -0.1) is 0 Å². The number of pyridine rings is 1. The number of likely N-dealkylation sites (tertiary alicyclic amines) is 1. The molecule has 0 N–H and O–H groups in total. The van der Waals surface area contributed by atoms with E-state index in [1.54, 1.807) is 10.6 Å². The molecule has 0 saturated carbocycles. The minimum atomic E-state index is -0.0150. The lowest BCUT2D eigenvalue weighted by Crippen LogP contribution is -2.44. The molecule has 0 aliphatic carbocycles. The van der Waals surface area contributed by atoms with Crippen molar-refractivity contribution in [2.45, 2.75) is 31.7 Å². The molecule has 2 fully saturated rings. The summed E-state index contributed by atoms with van der Waals surface area (Å²) in [7, 11) is 0. The monoisotopic (exact) mass is 298 g/mol. The smallest absolute Gasteiger partial charge is 0.257 e. The average molecular weight is 298 g/mol. The van der Waals surface area contributed by atoms with Crippen molar-refractivity contribution in [2.75, 3.05) is 31.1 Å². The van der Waals surface area contributed by atoms with Gasteiger partial charge in [0.05, 0.1) is 5.69 Å². The molecule has 0 aromatic carbocycles. The molecule has 0 spiro atoms. The number of piperidine rings is 1. The Kier molecular flexibility index (Phi) is 3.58. The second-order valence-corrected chi connectivity index (χ2v) is 6.36. The van der Waals surface area contributed by atoms with Gasteiger partial charge in [0, 0.05) is 37.6 Å². The third kappa shape index (κ3) is 2.50. The predicted octanol–water partition coefficient (Wildman–Crippen LogP) is 1.76. The fraction of sp³-hybridized carbons (Fsp3) is 0.529. The standard InChI is InChI=1S/C17H22N4O/c22-17-5-8-18-16-4-3-15(13-21(16)17)20-11-6-14(7-12-20)19-9-1-2-10-19/h3-5,8,13-14H,1-2,6-7,9-12H2. The highest BCUT2D eigenvalue weighted by Crippen LogP contribution is 2.24. The van der Waals surface area contributed by atoms with E-state index in [1.165, 1.54) is 44.8 Å². The molecule has 5 heteroatoms. The fourth-order valence-electron chi connectivity index (χ4n) is 3.80. The van der Waals surface area contributed by atoms with Gasteiger partial charge in [-0.05, 0) is 50.9 Å². The highest BCUT2D eigenvalue weighted by atomic mass is 16.1. The number of nitrogens with zero attached hydrogens (tertiary/aromatic N) is 4. The largest absolute Gasteiger partial charge is 0.370 e. The van der Waals surface area contributed by atoms with Gasteiger partial charge in [0.2, 0.25) is 0 Å². The number of hydrogen-bond donors (Lipinski definition) is 0. The van der Waals surface area contributed by atoms with Crippen molar-refractivity contribution < 1.29 is 0 Å². The first-order valence-corrected chi connectivity index (χ1v) is 8.28. The first kappa shape index (κ1) is 13.8. The molecule has 4 rings (SSSR count). The Bertz CT molecular complexity index is 712. The lowest BCUT2D eigenvalue weighted by Gasteiger charge is -2.37. The average Bonchev–Trinajstić information content (AvgIpc) is 3.10. The van der Waals surface area contributed by atoms with Gasteiger partial charge in [-0.1, -0.05) is 0 Å². The van der Waals surface area contributed by atoms with E-state index in [9.17, 15) is 4.79 Å². The van der Waals surface area contributed by atoms with E-state index in [-0.39, 0.29) is 5.56 Å². The van der Waals surface area contributed by atoms with Gasteiger partial charge < -0.3 is 9.80 Å². The minimum Gasteiger partial charge on any atom is -0.370 e. The van der Waals surface area contributed by atoms with Crippen molar-refractivity contribution in [3.05, 3.63) is 40.9 Å². The maximum Gasteiger partial charge on any atom is 0.257 e. The van der Waals surface area contributed by atoms with Crippen LogP contribution in [0.2, 0.25) is 0 Å². The van der Waals surface area contributed by atoms with Gasteiger partial charge in [0.25, 0.3) is 5.56 Å². The van der Waals surface area contributed by atoms with E-state index < -0.39 is 0 Å². The van der Waals surface area contributed by atoms with Crippen LogP contribution in [0, 0.1) is 0 Å². The molecule has 0 bridgehead atoms. The summed E-state index contributed by atoms with van der Waals surface area (Å²) in [5, 5.41) is 0. The number of hydrogen-bond acceptors (Lipinski definition) is 4. The quantitative estimate of drug-likeness (QED) is 0.847. The van der Waals surface area contributed by atoms with Crippen LogP contribution in [0.3, 0.4) is 0 Å². The summed E-state index contributed by atoms with van der Waals surface area (Å²) in [6.45, 7) is 4.70. The molecule has 5 nitrogen and oxygen atoms in total. The zero-order valence-electron chi connectivity index (χ0n) is 12.8. The zero-order chi connectivity index (χ0) is 14.9. The number of anilines is 1. The number of fused-ring (bicyclic) bond motifs is 1. The third-order valence-electron chi connectivity index (χ3n) is 5.06. The van der Waals surface area contributed by atoms with Crippen molar-refractivity contribution in [2.24, 2.45) is 0 Å². The molecule has 2 aromatic heterocycles. The highest BCUT2D eigenvalue weighted by Gasteiger charge is 2.26. The molecule has 0 amide bonds. The molecule has 2 aliphatic rings. The first-order valence-electron chi connectivity index (χ1n) is 8.28. The lowest BCUT2D eigenvalue weighted by atomic mass is 10.0. The van der Waals surface area contributed by atoms with Gasteiger partial charge in [-0.25, -0.2) is 4.98 Å². The van der Waals surface area contributed by atoms with Crippen LogP contribution in [-0.4, -0.2) is 46.5 Å². The third-order valence-corrected chi connectivity index (χ3v) is 5.06. The molecule has 2 saturated heterocycles. The topological polar surface area (TPSA) is 40.9 Å². The molecular formula is C17H22N4O. The minimum absolute atomic E-state index is 0.0150. The van der Waals surface area contributed by atoms with Crippen LogP contribution >= 0.6 is 0 Å². The lowest BCUT2D eigenvalue weighted by molar-refractivity contribution is 0.208. The van der Waals surface area contributed by atoms with Crippen LogP contribution in [0.5, 0.6) is 0 Å². The summed E-state index contributed by atoms with van der Waals surface area (Å²) in [5.41, 5.74) is 1.82. The predicted molar refractivity (Wildman–Crippen MR) is 87.5 cm³/mol. The summed E-state index contributed by atoms with van der Waals surface area (Å²) in [4.78, 5) is 21.2. The molecule has 22 heavy (non-hydrogen) atoms. The number of aromatic nitrogens is 2. The Balaban J connectivity index is 1.51. The summed E-state index contributed by atoms with van der Waals surface area (Å²) in [6, 6.07) is 6.28. The first-order chi connectivity index (χ1) is 10.8. The van der Waals surface area contributed by atoms with E-state index in [1.807, 2.05) is 12.3 Å². The molecule has 0 atom stereocenters. The summed E-state index contributed by atoms with van der Waals surface area (Å²) < 4.78 is 1.64.